The lowest BCUT2D eigenvalue weighted by Crippen LogP contribution is -2.16. The van der Waals surface area contributed by atoms with Crippen LogP contribution < -0.4 is 5.32 Å². The average Bonchev–Trinajstić information content (AvgIpc) is 3.10. The van der Waals surface area contributed by atoms with E-state index in [1.807, 2.05) is 32.0 Å². The first-order chi connectivity index (χ1) is 13.0. The van der Waals surface area contributed by atoms with Crippen LogP contribution >= 0.6 is 11.8 Å². The molecule has 1 amide bonds. The number of tetrazole rings is 1. The minimum absolute atomic E-state index is 0.0996. The van der Waals surface area contributed by atoms with Gasteiger partial charge in [-0.2, -0.15) is 4.68 Å². The average molecular weight is 381 g/mol. The number of hydrogen-bond donors (Lipinski definition) is 1. The summed E-state index contributed by atoms with van der Waals surface area (Å²) in [4.78, 5) is 24.0. The van der Waals surface area contributed by atoms with E-state index in [2.05, 4.69) is 20.8 Å². The molecule has 0 saturated heterocycles. The van der Waals surface area contributed by atoms with Crippen molar-refractivity contribution in [2.75, 3.05) is 11.1 Å². The van der Waals surface area contributed by atoms with Gasteiger partial charge in [-0.05, 0) is 60.5 Å². The van der Waals surface area contributed by atoms with Crippen LogP contribution in [0.2, 0.25) is 0 Å². The summed E-state index contributed by atoms with van der Waals surface area (Å²) >= 11 is 1.23. The molecule has 1 aromatic heterocycles. The van der Waals surface area contributed by atoms with E-state index in [0.717, 1.165) is 16.8 Å². The van der Waals surface area contributed by atoms with E-state index in [4.69, 9.17) is 0 Å². The van der Waals surface area contributed by atoms with E-state index in [1.54, 1.807) is 28.9 Å². The van der Waals surface area contributed by atoms with Gasteiger partial charge in [0.1, 0.15) is 0 Å². The third-order valence-corrected chi connectivity index (χ3v) is 4.87. The maximum absolute atomic E-state index is 12.3. The standard InChI is InChI=1S/C19H19N5O2S/c1-12-8-9-13(2)17(10-12)24-19(21-22-23-24)27-11-18(26)20-16-7-5-4-6-15(16)14(3)25/h4-10H,11H2,1-3H3,(H,20,26). The van der Waals surface area contributed by atoms with E-state index < -0.39 is 0 Å². The minimum Gasteiger partial charge on any atom is -0.325 e. The highest BCUT2D eigenvalue weighted by molar-refractivity contribution is 7.99. The van der Waals surface area contributed by atoms with E-state index in [1.165, 1.54) is 18.7 Å². The Morgan fingerprint density at radius 3 is 2.70 bits per heavy atom. The first kappa shape index (κ1) is 18.8. The normalized spacial score (nSPS) is 10.6. The Morgan fingerprint density at radius 1 is 1.15 bits per heavy atom. The molecule has 27 heavy (non-hydrogen) atoms. The zero-order valence-electron chi connectivity index (χ0n) is 15.3. The van der Waals surface area contributed by atoms with Crippen LogP contribution in [0.4, 0.5) is 5.69 Å². The number of ketones is 1. The van der Waals surface area contributed by atoms with Crippen molar-refractivity contribution in [2.24, 2.45) is 0 Å². The molecule has 0 fully saturated rings. The van der Waals surface area contributed by atoms with Crippen molar-refractivity contribution < 1.29 is 9.59 Å². The molecule has 0 spiro atoms. The van der Waals surface area contributed by atoms with Crippen LogP contribution in [0, 0.1) is 13.8 Å². The minimum atomic E-state index is -0.232. The second kappa shape index (κ2) is 8.13. The van der Waals surface area contributed by atoms with E-state index in [-0.39, 0.29) is 17.4 Å². The second-order valence-corrected chi connectivity index (χ2v) is 7.04. The lowest BCUT2D eigenvalue weighted by molar-refractivity contribution is -0.113. The number of aryl methyl sites for hydroxylation is 2. The number of carbonyl (C=O) groups is 2. The molecule has 0 aliphatic rings. The van der Waals surface area contributed by atoms with Crippen LogP contribution in [0.3, 0.4) is 0 Å². The Bertz CT molecular complexity index is 999. The molecule has 0 aliphatic heterocycles. The van der Waals surface area contributed by atoms with Gasteiger partial charge in [0, 0.05) is 5.56 Å². The fourth-order valence-corrected chi connectivity index (χ4v) is 3.27. The molecule has 1 N–H and O–H groups in total. The molecule has 7 nitrogen and oxygen atoms in total. The molecule has 8 heteroatoms. The largest absolute Gasteiger partial charge is 0.325 e. The van der Waals surface area contributed by atoms with Crippen molar-refractivity contribution in [3.63, 3.8) is 0 Å². The lowest BCUT2D eigenvalue weighted by atomic mass is 10.1. The number of anilines is 1. The van der Waals surface area contributed by atoms with E-state index >= 15 is 0 Å². The number of aromatic nitrogens is 4. The van der Waals surface area contributed by atoms with E-state index in [9.17, 15) is 9.59 Å². The SMILES string of the molecule is CC(=O)c1ccccc1NC(=O)CSc1nnnn1-c1cc(C)ccc1C. The summed E-state index contributed by atoms with van der Waals surface area (Å²) in [6.45, 7) is 5.45. The smallest absolute Gasteiger partial charge is 0.234 e. The molecule has 138 valence electrons. The zero-order valence-corrected chi connectivity index (χ0v) is 16.1. The van der Waals surface area contributed by atoms with Crippen molar-refractivity contribution in [3.8, 4) is 5.69 Å². The zero-order chi connectivity index (χ0) is 19.4. The van der Waals surface area contributed by atoms with Crippen molar-refractivity contribution in [2.45, 2.75) is 25.9 Å². The molecular weight excluding hydrogens is 362 g/mol. The molecule has 3 aromatic rings. The van der Waals surface area contributed by atoms with Gasteiger partial charge in [-0.15, -0.1) is 5.10 Å². The number of para-hydroxylation sites is 1. The summed E-state index contributed by atoms with van der Waals surface area (Å²) in [7, 11) is 0. The summed E-state index contributed by atoms with van der Waals surface area (Å²) in [5, 5.41) is 15.1. The summed E-state index contributed by atoms with van der Waals surface area (Å²) in [5.74, 6) is -0.209. The summed E-state index contributed by atoms with van der Waals surface area (Å²) in [6, 6.07) is 13.0. The molecule has 0 atom stereocenters. The third kappa shape index (κ3) is 4.40. The van der Waals surface area contributed by atoms with Crippen molar-refractivity contribution in [1.29, 1.82) is 0 Å². The fraction of sp³-hybridized carbons (Fsp3) is 0.211. The third-order valence-electron chi connectivity index (χ3n) is 3.95. The topological polar surface area (TPSA) is 89.8 Å². The highest BCUT2D eigenvalue weighted by Crippen LogP contribution is 2.22. The number of rotatable bonds is 6. The number of amides is 1. The molecule has 1 heterocycles. The van der Waals surface area contributed by atoms with Gasteiger partial charge in [0.05, 0.1) is 17.1 Å². The van der Waals surface area contributed by atoms with Crippen LogP contribution in [0.1, 0.15) is 28.4 Å². The number of nitrogens with zero attached hydrogens (tertiary/aromatic N) is 4. The first-order valence-electron chi connectivity index (χ1n) is 8.34. The van der Waals surface area contributed by atoms with Gasteiger partial charge in [-0.3, -0.25) is 9.59 Å². The predicted octanol–water partition coefficient (Wildman–Crippen LogP) is 3.21. The number of nitrogens with one attached hydrogen (secondary N) is 1. The Labute approximate surface area is 161 Å². The molecular formula is C19H19N5O2S. The molecule has 3 rings (SSSR count). The molecule has 0 radical (unpaired) electrons. The summed E-state index contributed by atoms with van der Waals surface area (Å²) in [5.41, 5.74) is 4.00. The van der Waals surface area contributed by atoms with Crippen molar-refractivity contribution in [1.82, 2.24) is 20.2 Å². The quantitative estimate of drug-likeness (QED) is 0.521. The van der Waals surface area contributed by atoms with Gasteiger partial charge in [0.25, 0.3) is 0 Å². The Morgan fingerprint density at radius 2 is 1.93 bits per heavy atom. The van der Waals surface area contributed by atoms with Crippen molar-refractivity contribution in [3.05, 3.63) is 59.2 Å². The van der Waals surface area contributed by atoms with Crippen LogP contribution in [0.5, 0.6) is 0 Å². The number of Topliss-reactive ketones (excluding diaryl/α,β-unsaturated/α-hetero) is 1. The van der Waals surface area contributed by atoms with Crippen LogP contribution in [-0.4, -0.2) is 37.7 Å². The fourth-order valence-electron chi connectivity index (χ4n) is 2.58. The molecule has 0 unspecified atom stereocenters. The van der Waals surface area contributed by atoms with Gasteiger partial charge in [0.2, 0.25) is 11.1 Å². The van der Waals surface area contributed by atoms with Gasteiger partial charge >= 0.3 is 0 Å². The van der Waals surface area contributed by atoms with Gasteiger partial charge < -0.3 is 5.32 Å². The lowest BCUT2D eigenvalue weighted by Gasteiger charge is -2.10. The molecule has 0 bridgehead atoms. The van der Waals surface area contributed by atoms with Gasteiger partial charge in [0.15, 0.2) is 5.78 Å². The Balaban J connectivity index is 1.72. The van der Waals surface area contributed by atoms with Crippen LogP contribution in [0.25, 0.3) is 5.69 Å². The van der Waals surface area contributed by atoms with Crippen LogP contribution in [0.15, 0.2) is 47.6 Å². The summed E-state index contributed by atoms with van der Waals surface area (Å²) in [6.07, 6.45) is 0. The maximum Gasteiger partial charge on any atom is 0.234 e. The highest BCUT2D eigenvalue weighted by atomic mass is 32.2. The van der Waals surface area contributed by atoms with Gasteiger partial charge in [-0.1, -0.05) is 36.0 Å². The highest BCUT2D eigenvalue weighted by Gasteiger charge is 2.15. The number of hydrogen-bond acceptors (Lipinski definition) is 6. The van der Waals surface area contributed by atoms with Crippen molar-refractivity contribution >= 4 is 29.1 Å². The summed E-state index contributed by atoms with van der Waals surface area (Å²) < 4.78 is 1.63. The Kier molecular flexibility index (Phi) is 5.66. The number of benzene rings is 2. The van der Waals surface area contributed by atoms with E-state index in [0.29, 0.717) is 16.4 Å². The molecule has 0 saturated carbocycles. The van der Waals surface area contributed by atoms with Crippen LogP contribution in [-0.2, 0) is 4.79 Å². The van der Waals surface area contributed by atoms with Gasteiger partial charge in [-0.25, -0.2) is 0 Å². The molecule has 2 aromatic carbocycles. The second-order valence-electron chi connectivity index (χ2n) is 6.10. The predicted molar refractivity (Wildman–Crippen MR) is 104 cm³/mol. The number of thioether (sulfide) groups is 1. The molecule has 0 aliphatic carbocycles. The maximum atomic E-state index is 12.3. The Hall–Kier alpha value is -3.00. The monoisotopic (exact) mass is 381 g/mol. The number of carbonyl (C=O) groups excluding carboxylic acids is 2. The first-order valence-corrected chi connectivity index (χ1v) is 9.33.